The average Bonchev–Trinajstić information content (AvgIpc) is 2.96. The van der Waals surface area contributed by atoms with Crippen LogP contribution >= 0.6 is 0 Å². The minimum absolute atomic E-state index is 0.459. The van der Waals surface area contributed by atoms with Gasteiger partial charge in [-0.2, -0.15) is 0 Å². The summed E-state index contributed by atoms with van der Waals surface area (Å²) in [7, 11) is -2.96. The second-order valence-electron chi connectivity index (χ2n) is 8.68. The van der Waals surface area contributed by atoms with Crippen molar-refractivity contribution in [3.05, 3.63) is 103 Å². The van der Waals surface area contributed by atoms with Gasteiger partial charge in [-0.15, -0.1) is 0 Å². The van der Waals surface area contributed by atoms with E-state index in [2.05, 4.69) is 41.4 Å². The lowest BCUT2D eigenvalue weighted by atomic mass is 10.0. The maximum absolute atomic E-state index is 6.60. The summed E-state index contributed by atoms with van der Waals surface area (Å²) in [5.74, 6) is 0. The van der Waals surface area contributed by atoms with Gasteiger partial charge in [-0.25, -0.2) is 0 Å². The summed E-state index contributed by atoms with van der Waals surface area (Å²) in [4.78, 5) is 3.77. The first-order valence-electron chi connectivity index (χ1n) is 12.8. The zero-order valence-electron chi connectivity index (χ0n) is 22.4. The third-order valence-electron chi connectivity index (χ3n) is 6.52. The molecule has 38 heavy (non-hydrogen) atoms. The lowest BCUT2D eigenvalue weighted by Crippen LogP contribution is -2.66. The fourth-order valence-electron chi connectivity index (χ4n) is 4.92. The molecule has 0 fully saturated rings. The van der Waals surface area contributed by atoms with E-state index in [1.54, 1.807) is 14.2 Å². The number of anilines is 2. The molecule has 0 bridgehead atoms. The van der Waals surface area contributed by atoms with Gasteiger partial charge < -0.3 is 28.4 Å². The standard InChI is InChI=1S/C30H36N2O4Si2/c1-5-35-38(36-6-2,29-23-15-20-26(31)30(29)24-16-9-7-10-17-24)32-27-21-13-14-22-28(27)37(33-3,34-4)25-18-11-8-12-19-25/h7-23,32H,5-6,31H2,1-4H3. The molecule has 198 valence electrons. The lowest BCUT2D eigenvalue weighted by Gasteiger charge is -2.36. The van der Waals surface area contributed by atoms with Gasteiger partial charge >= 0.3 is 17.3 Å². The van der Waals surface area contributed by atoms with E-state index < -0.39 is 17.3 Å². The Kier molecular flexibility index (Phi) is 9.16. The molecule has 6 nitrogen and oxygen atoms in total. The second kappa shape index (κ2) is 12.5. The molecule has 4 aromatic rings. The first-order chi connectivity index (χ1) is 18.5. The van der Waals surface area contributed by atoms with Crippen molar-refractivity contribution in [1.82, 2.24) is 0 Å². The molecule has 4 rings (SSSR count). The molecule has 0 aliphatic carbocycles. The van der Waals surface area contributed by atoms with Crippen LogP contribution in [-0.2, 0) is 17.7 Å². The fourth-order valence-corrected chi connectivity index (χ4v) is 10.9. The molecule has 0 saturated carbocycles. The van der Waals surface area contributed by atoms with Gasteiger partial charge in [0.1, 0.15) is 0 Å². The van der Waals surface area contributed by atoms with Gasteiger partial charge in [-0.1, -0.05) is 91.0 Å². The molecular weight excluding hydrogens is 509 g/mol. The highest BCUT2D eigenvalue weighted by Crippen LogP contribution is 2.28. The van der Waals surface area contributed by atoms with Crippen LogP contribution in [0.2, 0.25) is 0 Å². The van der Waals surface area contributed by atoms with Gasteiger partial charge in [0.2, 0.25) is 0 Å². The quantitative estimate of drug-likeness (QED) is 0.207. The van der Waals surface area contributed by atoms with Crippen LogP contribution in [0.15, 0.2) is 103 Å². The number of benzene rings is 4. The molecule has 3 N–H and O–H groups in total. The Labute approximate surface area is 227 Å². The number of hydrogen-bond donors (Lipinski definition) is 2. The van der Waals surface area contributed by atoms with Crippen LogP contribution < -0.4 is 26.3 Å². The third-order valence-corrected chi connectivity index (χ3v) is 13.0. The van der Waals surface area contributed by atoms with Crippen LogP contribution in [0.4, 0.5) is 11.4 Å². The van der Waals surface area contributed by atoms with Crippen molar-refractivity contribution in [1.29, 1.82) is 0 Å². The summed E-state index contributed by atoms with van der Waals surface area (Å²) in [6.45, 7) is 4.88. The topological polar surface area (TPSA) is 75.0 Å². The zero-order chi connectivity index (χ0) is 27.0. The maximum atomic E-state index is 6.60. The predicted octanol–water partition coefficient (Wildman–Crippen LogP) is 4.12. The molecule has 0 unspecified atom stereocenters. The van der Waals surface area contributed by atoms with Crippen LogP contribution in [0.1, 0.15) is 13.8 Å². The molecule has 0 amide bonds. The Morgan fingerprint density at radius 2 is 1.21 bits per heavy atom. The average molecular weight is 545 g/mol. The molecule has 0 aromatic heterocycles. The van der Waals surface area contributed by atoms with E-state index in [9.17, 15) is 0 Å². The van der Waals surface area contributed by atoms with Gasteiger partial charge in [0, 0.05) is 54.7 Å². The van der Waals surface area contributed by atoms with Gasteiger partial charge in [-0.05, 0) is 36.7 Å². The highest BCUT2D eigenvalue weighted by molar-refractivity contribution is 6.94. The Morgan fingerprint density at radius 1 is 0.658 bits per heavy atom. The van der Waals surface area contributed by atoms with Crippen LogP contribution in [0, 0.1) is 0 Å². The summed E-state index contributed by atoms with van der Waals surface area (Å²) >= 11 is 0. The van der Waals surface area contributed by atoms with E-state index in [1.165, 1.54) is 0 Å². The highest BCUT2D eigenvalue weighted by Gasteiger charge is 2.48. The number of nitrogens with two attached hydrogens (primary N) is 1. The largest absolute Gasteiger partial charge is 0.493 e. The third kappa shape index (κ3) is 5.32. The van der Waals surface area contributed by atoms with Crippen LogP contribution in [0.5, 0.6) is 0 Å². The molecule has 0 spiro atoms. The highest BCUT2D eigenvalue weighted by atomic mass is 28.4. The van der Waals surface area contributed by atoms with Gasteiger partial charge in [0.05, 0.1) is 0 Å². The number of nitrogens with one attached hydrogen (secondary N) is 1. The van der Waals surface area contributed by atoms with Crippen molar-refractivity contribution in [2.45, 2.75) is 13.8 Å². The fraction of sp³-hybridized carbons (Fsp3) is 0.200. The molecule has 0 atom stereocenters. The summed E-state index contributed by atoms with van der Waals surface area (Å²) < 4.78 is 25.7. The Morgan fingerprint density at radius 3 is 1.82 bits per heavy atom. The van der Waals surface area contributed by atoms with E-state index in [-0.39, 0.29) is 0 Å². The Balaban J connectivity index is 1.94. The molecule has 8 heteroatoms. The summed E-state index contributed by atoms with van der Waals surface area (Å²) in [5, 5.41) is 2.87. The van der Waals surface area contributed by atoms with E-state index in [0.717, 1.165) is 32.4 Å². The second-order valence-corrected chi connectivity index (χ2v) is 14.4. The molecule has 0 aliphatic heterocycles. The minimum atomic E-state index is -3.33. The Hall–Kier alpha value is -3.25. The minimum Gasteiger partial charge on any atom is -0.398 e. The van der Waals surface area contributed by atoms with Crippen LogP contribution in [0.3, 0.4) is 0 Å². The van der Waals surface area contributed by atoms with Crippen molar-refractivity contribution in [3.8, 4) is 11.1 Å². The van der Waals surface area contributed by atoms with Gasteiger partial charge in [-0.3, -0.25) is 0 Å². The smallest absolute Gasteiger partial charge is 0.398 e. The maximum Gasteiger partial charge on any atom is 0.493 e. The van der Waals surface area contributed by atoms with Crippen LogP contribution in [-0.4, -0.2) is 44.7 Å². The van der Waals surface area contributed by atoms with Crippen LogP contribution in [0.25, 0.3) is 11.1 Å². The van der Waals surface area contributed by atoms with E-state index >= 15 is 0 Å². The van der Waals surface area contributed by atoms with Gasteiger partial charge in [0.15, 0.2) is 0 Å². The van der Waals surface area contributed by atoms with Crippen molar-refractivity contribution < 1.29 is 17.7 Å². The Bertz CT molecular complexity index is 1310. The first-order valence-corrected chi connectivity index (χ1v) is 16.4. The van der Waals surface area contributed by atoms with E-state index in [1.807, 2.05) is 80.6 Å². The van der Waals surface area contributed by atoms with Crippen molar-refractivity contribution in [2.75, 3.05) is 38.1 Å². The summed E-state index contributed by atoms with van der Waals surface area (Å²) in [6.07, 6.45) is 0. The first kappa shape index (κ1) is 27.8. The van der Waals surface area contributed by atoms with E-state index in [4.69, 9.17) is 23.4 Å². The molecule has 4 aromatic carbocycles. The number of hydrogen-bond acceptors (Lipinski definition) is 6. The van der Waals surface area contributed by atoms with Crippen molar-refractivity contribution in [3.63, 3.8) is 0 Å². The summed E-state index contributed by atoms with van der Waals surface area (Å²) in [6, 6.07) is 34.3. The molecule has 0 radical (unpaired) electrons. The molecule has 0 aliphatic rings. The van der Waals surface area contributed by atoms with Crippen molar-refractivity contribution >= 4 is 44.2 Å². The number of rotatable bonds is 12. The predicted molar refractivity (Wildman–Crippen MR) is 160 cm³/mol. The molecule has 0 heterocycles. The molecule has 0 saturated heterocycles. The molecular formula is C30H36N2O4Si2. The van der Waals surface area contributed by atoms with E-state index in [0.29, 0.717) is 18.9 Å². The monoisotopic (exact) mass is 544 g/mol. The van der Waals surface area contributed by atoms with Gasteiger partial charge in [0.25, 0.3) is 0 Å². The zero-order valence-corrected chi connectivity index (χ0v) is 24.4. The normalized spacial score (nSPS) is 11.9. The number of nitrogen functional groups attached to an aromatic ring is 1. The summed E-state index contributed by atoms with van der Waals surface area (Å²) in [5.41, 5.74) is 10.0. The van der Waals surface area contributed by atoms with Crippen molar-refractivity contribution in [2.24, 2.45) is 0 Å². The SMILES string of the molecule is CCO[Si](Nc1ccccc1[Si](OC)(OC)c1ccccc1)(OCC)c1cccc(N)c1-c1ccccc1. The number of para-hydroxylation sites is 1. The lowest BCUT2D eigenvalue weighted by molar-refractivity contribution is 0.202.